The fraction of sp³-hybridized carbons (Fsp3) is 0.538. The Morgan fingerprint density at radius 2 is 2.00 bits per heavy atom. The van der Waals surface area contributed by atoms with Gasteiger partial charge in [-0.2, -0.15) is 0 Å². The van der Waals surface area contributed by atoms with Gasteiger partial charge < -0.3 is 14.8 Å². The molecule has 0 aliphatic heterocycles. The first-order chi connectivity index (χ1) is 8.83. The molecule has 0 aliphatic rings. The van der Waals surface area contributed by atoms with E-state index < -0.39 is 4.92 Å². The maximum atomic E-state index is 10.7. The molecule has 1 rings (SSSR count). The van der Waals surface area contributed by atoms with Crippen molar-refractivity contribution in [1.82, 2.24) is 5.32 Å². The van der Waals surface area contributed by atoms with Crippen LogP contribution in [0.1, 0.15) is 20.8 Å². The minimum Gasteiger partial charge on any atom is -0.493 e. The van der Waals surface area contributed by atoms with Crippen LogP contribution >= 0.6 is 0 Å². The van der Waals surface area contributed by atoms with Gasteiger partial charge in [-0.25, -0.2) is 0 Å². The summed E-state index contributed by atoms with van der Waals surface area (Å²) >= 11 is 0. The number of non-ortho nitro benzene ring substituents is 1. The van der Waals surface area contributed by atoms with Gasteiger partial charge in [0.2, 0.25) is 0 Å². The number of nitro groups is 1. The van der Waals surface area contributed by atoms with Crippen LogP contribution in [0.25, 0.3) is 0 Å². The van der Waals surface area contributed by atoms with Crippen LogP contribution in [0.4, 0.5) is 5.69 Å². The van der Waals surface area contributed by atoms with E-state index in [0.29, 0.717) is 24.7 Å². The number of benzene rings is 1. The second-order valence-electron chi connectivity index (χ2n) is 5.12. The zero-order valence-corrected chi connectivity index (χ0v) is 11.7. The zero-order valence-electron chi connectivity index (χ0n) is 11.7. The molecular weight excluding hydrogens is 248 g/mol. The SMILES string of the molecule is COc1cc([N+](=O)[O-])ccc1OCCNC(C)(C)C. The van der Waals surface area contributed by atoms with Crippen LogP contribution < -0.4 is 14.8 Å². The molecule has 6 nitrogen and oxygen atoms in total. The first kappa shape index (κ1) is 15.2. The van der Waals surface area contributed by atoms with Crippen molar-refractivity contribution in [2.24, 2.45) is 0 Å². The average molecular weight is 268 g/mol. The molecule has 0 amide bonds. The monoisotopic (exact) mass is 268 g/mol. The summed E-state index contributed by atoms with van der Waals surface area (Å²) in [6.07, 6.45) is 0. The van der Waals surface area contributed by atoms with Gasteiger partial charge in [-0.3, -0.25) is 10.1 Å². The molecule has 0 saturated heterocycles. The summed E-state index contributed by atoms with van der Waals surface area (Å²) in [6, 6.07) is 4.30. The Balaban J connectivity index is 2.61. The maximum Gasteiger partial charge on any atom is 0.273 e. The normalized spacial score (nSPS) is 11.2. The highest BCUT2D eigenvalue weighted by molar-refractivity contribution is 5.48. The number of rotatable bonds is 6. The molecule has 0 bridgehead atoms. The average Bonchev–Trinajstić information content (AvgIpc) is 2.33. The maximum absolute atomic E-state index is 10.7. The molecule has 0 fully saturated rings. The third-order valence-corrected chi connectivity index (χ3v) is 2.37. The summed E-state index contributed by atoms with van der Waals surface area (Å²) in [4.78, 5) is 10.2. The Morgan fingerprint density at radius 1 is 1.32 bits per heavy atom. The van der Waals surface area contributed by atoms with Crippen LogP contribution in [0.3, 0.4) is 0 Å². The van der Waals surface area contributed by atoms with E-state index in [2.05, 4.69) is 26.1 Å². The third-order valence-electron chi connectivity index (χ3n) is 2.37. The number of nitrogens with zero attached hydrogens (tertiary/aromatic N) is 1. The van der Waals surface area contributed by atoms with E-state index in [9.17, 15) is 10.1 Å². The van der Waals surface area contributed by atoms with E-state index >= 15 is 0 Å². The van der Waals surface area contributed by atoms with E-state index in [4.69, 9.17) is 9.47 Å². The van der Waals surface area contributed by atoms with Crippen LogP contribution in [0.5, 0.6) is 11.5 Å². The molecule has 0 spiro atoms. The summed E-state index contributed by atoms with van der Waals surface area (Å²) in [6.45, 7) is 7.35. The number of hydrogen-bond donors (Lipinski definition) is 1. The fourth-order valence-corrected chi connectivity index (χ4v) is 1.48. The molecule has 106 valence electrons. The van der Waals surface area contributed by atoms with Gasteiger partial charge in [0, 0.05) is 18.2 Å². The van der Waals surface area contributed by atoms with Gasteiger partial charge in [-0.05, 0) is 26.8 Å². The van der Waals surface area contributed by atoms with E-state index in [0.717, 1.165) is 0 Å². The molecule has 6 heteroatoms. The highest BCUT2D eigenvalue weighted by atomic mass is 16.6. The Labute approximate surface area is 112 Å². The lowest BCUT2D eigenvalue weighted by Crippen LogP contribution is -2.38. The standard InChI is InChI=1S/C13H20N2O4/c1-13(2,3)14-7-8-19-11-6-5-10(15(16)17)9-12(11)18-4/h5-6,9,14H,7-8H2,1-4H3. The first-order valence-corrected chi connectivity index (χ1v) is 6.04. The van der Waals surface area contributed by atoms with Gasteiger partial charge in [-0.15, -0.1) is 0 Å². The van der Waals surface area contributed by atoms with Gasteiger partial charge in [0.25, 0.3) is 5.69 Å². The lowest BCUT2D eigenvalue weighted by Gasteiger charge is -2.20. The smallest absolute Gasteiger partial charge is 0.273 e. The minimum atomic E-state index is -0.465. The fourth-order valence-electron chi connectivity index (χ4n) is 1.48. The lowest BCUT2D eigenvalue weighted by molar-refractivity contribution is -0.384. The zero-order chi connectivity index (χ0) is 14.5. The molecule has 1 aromatic rings. The second kappa shape index (κ2) is 6.38. The molecule has 0 saturated carbocycles. The van der Waals surface area contributed by atoms with Crippen molar-refractivity contribution in [3.05, 3.63) is 28.3 Å². The van der Waals surface area contributed by atoms with Crippen molar-refractivity contribution in [1.29, 1.82) is 0 Å². The largest absolute Gasteiger partial charge is 0.493 e. The van der Waals surface area contributed by atoms with Gasteiger partial charge in [0.15, 0.2) is 11.5 Å². The van der Waals surface area contributed by atoms with Crippen LogP contribution in [-0.2, 0) is 0 Å². The molecule has 1 N–H and O–H groups in total. The quantitative estimate of drug-likeness (QED) is 0.487. The summed E-state index contributed by atoms with van der Waals surface area (Å²) in [5.74, 6) is 0.869. The van der Waals surface area contributed by atoms with Crippen LogP contribution in [-0.4, -0.2) is 30.7 Å². The topological polar surface area (TPSA) is 73.6 Å². The van der Waals surface area contributed by atoms with E-state index in [-0.39, 0.29) is 11.2 Å². The molecule has 0 unspecified atom stereocenters. The Morgan fingerprint density at radius 3 is 2.53 bits per heavy atom. The van der Waals surface area contributed by atoms with Gasteiger partial charge in [0.1, 0.15) is 6.61 Å². The molecule has 0 radical (unpaired) electrons. The number of hydrogen-bond acceptors (Lipinski definition) is 5. The van der Waals surface area contributed by atoms with Crippen molar-refractivity contribution in [3.63, 3.8) is 0 Å². The number of methoxy groups -OCH3 is 1. The Bertz CT molecular complexity index is 441. The predicted octanol–water partition coefficient (Wildman–Crippen LogP) is 2.37. The van der Waals surface area contributed by atoms with E-state index in [1.807, 2.05) is 0 Å². The lowest BCUT2D eigenvalue weighted by atomic mass is 10.1. The molecule has 0 aliphatic carbocycles. The first-order valence-electron chi connectivity index (χ1n) is 6.04. The summed E-state index contributed by atoms with van der Waals surface area (Å²) in [7, 11) is 1.46. The highest BCUT2D eigenvalue weighted by Crippen LogP contribution is 2.30. The van der Waals surface area contributed by atoms with Crippen molar-refractivity contribution in [3.8, 4) is 11.5 Å². The summed E-state index contributed by atoms with van der Waals surface area (Å²) in [5.41, 5.74) is 0.0140. The molecule has 0 aromatic heterocycles. The van der Waals surface area contributed by atoms with Crippen LogP contribution in [0.2, 0.25) is 0 Å². The predicted molar refractivity (Wildman–Crippen MR) is 72.9 cm³/mol. The minimum absolute atomic E-state index is 0.0167. The van der Waals surface area contributed by atoms with E-state index in [1.165, 1.54) is 19.2 Å². The van der Waals surface area contributed by atoms with Crippen molar-refractivity contribution in [2.75, 3.05) is 20.3 Å². The number of ether oxygens (including phenoxy) is 2. The van der Waals surface area contributed by atoms with Crippen molar-refractivity contribution < 1.29 is 14.4 Å². The van der Waals surface area contributed by atoms with Crippen LogP contribution in [0, 0.1) is 10.1 Å². The molecule has 19 heavy (non-hydrogen) atoms. The number of nitrogens with one attached hydrogen (secondary N) is 1. The number of nitro benzene ring substituents is 1. The van der Waals surface area contributed by atoms with Crippen molar-refractivity contribution in [2.45, 2.75) is 26.3 Å². The molecule has 1 aromatic carbocycles. The van der Waals surface area contributed by atoms with Gasteiger partial charge in [-0.1, -0.05) is 0 Å². The molecule has 0 atom stereocenters. The second-order valence-corrected chi connectivity index (χ2v) is 5.12. The van der Waals surface area contributed by atoms with E-state index in [1.54, 1.807) is 6.07 Å². The Kier molecular flexibility index (Phi) is 5.11. The summed E-state index contributed by atoms with van der Waals surface area (Å²) < 4.78 is 10.6. The summed E-state index contributed by atoms with van der Waals surface area (Å²) in [5, 5.41) is 13.9. The van der Waals surface area contributed by atoms with Crippen LogP contribution in [0.15, 0.2) is 18.2 Å². The molecule has 0 heterocycles. The van der Waals surface area contributed by atoms with Crippen molar-refractivity contribution >= 4 is 5.69 Å². The Hall–Kier alpha value is -1.82. The molecular formula is C13H20N2O4. The third kappa shape index (κ3) is 5.13. The van der Waals surface area contributed by atoms with Gasteiger partial charge >= 0.3 is 0 Å². The van der Waals surface area contributed by atoms with Gasteiger partial charge in [0.05, 0.1) is 18.1 Å². The highest BCUT2D eigenvalue weighted by Gasteiger charge is 2.13.